The van der Waals surface area contributed by atoms with Gasteiger partial charge in [0.2, 0.25) is 5.91 Å². The quantitative estimate of drug-likeness (QED) is 0.0839. The normalized spacial score (nSPS) is 20.9. The highest BCUT2D eigenvalue weighted by Crippen LogP contribution is 2.44. The first-order chi connectivity index (χ1) is 30.8. The van der Waals surface area contributed by atoms with E-state index in [0.717, 1.165) is 69.2 Å². The Kier molecular flexibility index (Phi) is 12.8. The summed E-state index contributed by atoms with van der Waals surface area (Å²) in [7, 11) is 4.35. The van der Waals surface area contributed by atoms with Crippen molar-refractivity contribution in [2.24, 2.45) is 23.5 Å². The van der Waals surface area contributed by atoms with Gasteiger partial charge in [-0.25, -0.2) is 19.6 Å². The van der Waals surface area contributed by atoms with E-state index in [2.05, 4.69) is 63.6 Å². The summed E-state index contributed by atoms with van der Waals surface area (Å²) >= 11 is 0. The summed E-state index contributed by atoms with van der Waals surface area (Å²) in [5.74, 6) is 2.03. The van der Waals surface area contributed by atoms with Crippen molar-refractivity contribution in [3.63, 3.8) is 0 Å². The third kappa shape index (κ3) is 8.45. The third-order valence-electron chi connectivity index (χ3n) is 13.3. The van der Waals surface area contributed by atoms with E-state index in [1.54, 1.807) is 12.0 Å². The molecule has 3 aliphatic heterocycles. The fraction of sp³-hybridized carbons (Fsp3) is 0.489. The summed E-state index contributed by atoms with van der Waals surface area (Å²) in [5, 5.41) is 17.9. The number of aromatic nitrogens is 4. The van der Waals surface area contributed by atoms with Crippen LogP contribution in [0.25, 0.3) is 44.2 Å². The lowest BCUT2D eigenvalue weighted by Gasteiger charge is -2.32. The second kappa shape index (κ2) is 18.5. The van der Waals surface area contributed by atoms with Crippen LogP contribution < -0.4 is 21.1 Å². The van der Waals surface area contributed by atoms with Gasteiger partial charge in [0.15, 0.2) is 5.69 Å². The number of nitrogens with one attached hydrogen (secondary N) is 4. The van der Waals surface area contributed by atoms with E-state index in [9.17, 15) is 19.6 Å². The average Bonchev–Trinajstić information content (AvgIpc) is 4.11. The van der Waals surface area contributed by atoms with Crippen molar-refractivity contribution < 1.29 is 33.3 Å². The number of nitriles is 1. The fourth-order valence-electron chi connectivity index (χ4n) is 9.70. The molecule has 0 radical (unpaired) electrons. The van der Waals surface area contributed by atoms with Crippen molar-refractivity contribution in [1.29, 1.82) is 5.26 Å². The molecule has 7 atom stereocenters. The van der Waals surface area contributed by atoms with Gasteiger partial charge in [-0.1, -0.05) is 52.3 Å². The molecule has 8 rings (SSSR count). The molecular formula is C47H58N10O7. The first kappa shape index (κ1) is 44.4. The number of carbonyl (C=O) groups excluding carboxylic acids is 3. The number of hydrogen-bond acceptors (Lipinski definition) is 12. The van der Waals surface area contributed by atoms with Gasteiger partial charge in [0.05, 0.1) is 55.8 Å². The van der Waals surface area contributed by atoms with Crippen LogP contribution in [0.15, 0.2) is 42.5 Å². The Hall–Kier alpha value is -6.22. The maximum atomic E-state index is 13.9. The number of methoxy groups -OCH3 is 3. The predicted molar refractivity (Wildman–Crippen MR) is 240 cm³/mol. The molecule has 17 nitrogen and oxygen atoms in total. The van der Waals surface area contributed by atoms with E-state index in [-0.39, 0.29) is 35.7 Å². The number of likely N-dealkylation sites (tertiary alicyclic amines) is 2. The average molecular weight is 875 g/mol. The van der Waals surface area contributed by atoms with Crippen molar-refractivity contribution in [2.75, 3.05) is 41.0 Å². The molecule has 3 aromatic carbocycles. The van der Waals surface area contributed by atoms with Crippen molar-refractivity contribution in [1.82, 2.24) is 40.4 Å². The van der Waals surface area contributed by atoms with Crippen molar-refractivity contribution in [3.05, 3.63) is 65.4 Å². The topological polar surface area (TPSA) is 226 Å². The molecule has 0 spiro atoms. The molecule has 3 aliphatic rings. The molecule has 5 heterocycles. The maximum Gasteiger partial charge on any atom is 0.407 e. The Bertz CT molecular complexity index is 2600. The number of alkyl carbamates (subject to hydrolysis) is 2. The minimum absolute atomic E-state index is 0.116. The number of rotatable bonds is 13. The van der Waals surface area contributed by atoms with E-state index in [4.69, 9.17) is 34.6 Å². The van der Waals surface area contributed by atoms with Gasteiger partial charge in [-0.15, -0.1) is 0 Å². The van der Waals surface area contributed by atoms with Gasteiger partial charge < -0.3 is 50.2 Å². The predicted octanol–water partition coefficient (Wildman–Crippen LogP) is 6.65. The van der Waals surface area contributed by atoms with E-state index >= 15 is 0 Å². The number of ether oxygens (including phenoxy) is 4. The standard InChI is InChI=1S/C47H58N10O7/c1-8-25(4)35(52-46(59)62-6)21-56-20-26(22-61-5)15-37(56)44-51-34(19-48)41(53-44)28-9-11-30-29(16-28)23-64-38-18-31-27(17-32(30)38)10-12-33-42(31)54-43(50-33)36-13-14-39(49)57(36)45(58)40(24(2)3)55-47(60)63-7/h9-12,16-18,24-26,35-37,39-40H,8,13-15,20-23,49H2,1-7H3,(H,50,54)(H,51,53)(H,52,59)(H,55,60)/t25-,26-,35+,36-,37-,39+,40-/m0/s1. The van der Waals surface area contributed by atoms with Crippen LogP contribution in [-0.2, 0) is 25.6 Å². The van der Waals surface area contributed by atoms with Gasteiger partial charge in [0.25, 0.3) is 0 Å². The number of H-pyrrole nitrogens is 2. The molecule has 338 valence electrons. The van der Waals surface area contributed by atoms with Crippen LogP contribution in [0.5, 0.6) is 5.75 Å². The summed E-state index contributed by atoms with van der Waals surface area (Å²) in [5.41, 5.74) is 12.8. The highest BCUT2D eigenvalue weighted by Gasteiger charge is 2.42. The molecule has 5 aromatic rings. The molecular weight excluding hydrogens is 817 g/mol. The largest absolute Gasteiger partial charge is 0.488 e. The van der Waals surface area contributed by atoms with E-state index < -0.39 is 30.4 Å². The first-order valence-electron chi connectivity index (χ1n) is 22.1. The fourth-order valence-corrected chi connectivity index (χ4v) is 9.70. The lowest BCUT2D eigenvalue weighted by atomic mass is 9.92. The van der Waals surface area contributed by atoms with Crippen molar-refractivity contribution in [3.8, 4) is 34.2 Å². The van der Waals surface area contributed by atoms with E-state index in [1.165, 1.54) is 14.2 Å². The zero-order chi connectivity index (χ0) is 45.4. The first-order valence-corrected chi connectivity index (χ1v) is 22.1. The van der Waals surface area contributed by atoms with Crippen LogP contribution in [0.2, 0.25) is 0 Å². The number of nitrogens with two attached hydrogens (primary N) is 1. The second-order valence-electron chi connectivity index (χ2n) is 17.7. The zero-order valence-corrected chi connectivity index (χ0v) is 37.5. The van der Waals surface area contributed by atoms with Crippen LogP contribution in [0.3, 0.4) is 0 Å². The SMILES string of the molecule is CC[C@H](C)[C@@H](CN1C[C@@H](COC)C[C@H]1c1nc(C#N)c(-c2ccc3c(c2)COc2cc4c(ccc5[nH]c([C@@H]6CC[C@H](N)N6C(=O)[C@@H](NC(=O)OC)C(C)C)nc54)cc2-3)[nH]1)NC(=O)OC. The lowest BCUT2D eigenvalue weighted by Crippen LogP contribution is -2.54. The molecule has 6 N–H and O–H groups in total. The Labute approximate surface area is 372 Å². The molecule has 0 bridgehead atoms. The smallest absolute Gasteiger partial charge is 0.407 e. The summed E-state index contributed by atoms with van der Waals surface area (Å²) in [6.07, 6.45) is 1.20. The minimum atomic E-state index is -0.813. The number of aromatic amines is 2. The molecule has 3 amide bonds. The third-order valence-corrected chi connectivity index (χ3v) is 13.3. The van der Waals surface area contributed by atoms with Crippen LogP contribution in [0, 0.1) is 29.1 Å². The van der Waals surface area contributed by atoms with E-state index in [0.29, 0.717) is 55.6 Å². The molecule has 2 saturated heterocycles. The van der Waals surface area contributed by atoms with Crippen LogP contribution in [0.4, 0.5) is 9.59 Å². The summed E-state index contributed by atoms with van der Waals surface area (Å²) in [6, 6.07) is 15.2. The van der Waals surface area contributed by atoms with Crippen molar-refractivity contribution in [2.45, 2.75) is 90.3 Å². The van der Waals surface area contributed by atoms with Crippen LogP contribution in [-0.4, -0.2) is 107 Å². The second-order valence-corrected chi connectivity index (χ2v) is 17.7. The zero-order valence-electron chi connectivity index (χ0n) is 37.5. The van der Waals surface area contributed by atoms with Gasteiger partial charge in [-0.05, 0) is 77.8 Å². The minimum Gasteiger partial charge on any atom is -0.488 e. The van der Waals surface area contributed by atoms with E-state index in [1.807, 2.05) is 38.1 Å². The monoisotopic (exact) mass is 874 g/mol. The number of carbonyl (C=O) groups is 3. The molecule has 64 heavy (non-hydrogen) atoms. The Morgan fingerprint density at radius 3 is 2.45 bits per heavy atom. The molecule has 2 fully saturated rings. The number of fused-ring (bicyclic) bond motifs is 6. The Balaban J connectivity index is 1.07. The summed E-state index contributed by atoms with van der Waals surface area (Å²) in [6.45, 7) is 10.2. The van der Waals surface area contributed by atoms with Gasteiger partial charge in [0.1, 0.15) is 36.1 Å². The van der Waals surface area contributed by atoms with Crippen LogP contribution in [0.1, 0.15) is 88.4 Å². The summed E-state index contributed by atoms with van der Waals surface area (Å²) in [4.78, 5) is 59.3. The molecule has 2 aromatic heterocycles. The highest BCUT2D eigenvalue weighted by molar-refractivity contribution is 6.07. The maximum absolute atomic E-state index is 13.9. The molecule has 0 saturated carbocycles. The number of hydrogen-bond donors (Lipinski definition) is 5. The number of nitrogens with zero attached hydrogens (tertiary/aromatic N) is 5. The van der Waals surface area contributed by atoms with Crippen LogP contribution >= 0.6 is 0 Å². The molecule has 17 heteroatoms. The summed E-state index contributed by atoms with van der Waals surface area (Å²) < 4.78 is 21.8. The number of amides is 3. The van der Waals surface area contributed by atoms with Crippen molar-refractivity contribution >= 4 is 39.9 Å². The lowest BCUT2D eigenvalue weighted by molar-refractivity contribution is -0.137. The van der Waals surface area contributed by atoms with Gasteiger partial charge in [-0.3, -0.25) is 9.69 Å². The number of benzene rings is 3. The number of imidazole rings is 2. The Morgan fingerprint density at radius 2 is 1.73 bits per heavy atom. The van der Waals surface area contributed by atoms with Gasteiger partial charge >= 0.3 is 12.2 Å². The highest BCUT2D eigenvalue weighted by atomic mass is 16.5. The Morgan fingerprint density at radius 1 is 0.969 bits per heavy atom. The van der Waals surface area contributed by atoms with Gasteiger partial charge in [-0.2, -0.15) is 5.26 Å². The van der Waals surface area contributed by atoms with Gasteiger partial charge in [0, 0.05) is 42.8 Å². The molecule has 0 unspecified atom stereocenters. The molecule has 0 aliphatic carbocycles.